The molecule has 0 amide bonds. The van der Waals surface area contributed by atoms with Gasteiger partial charge < -0.3 is 15.4 Å². The molecule has 2 aliphatic rings. The number of aliphatic hydroxyl groups excluding tert-OH is 1. The summed E-state index contributed by atoms with van der Waals surface area (Å²) in [5.74, 6) is -1.22. The molecule has 1 saturated heterocycles. The van der Waals surface area contributed by atoms with E-state index in [1.807, 2.05) is 0 Å². The van der Waals surface area contributed by atoms with Crippen molar-refractivity contribution in [3.63, 3.8) is 0 Å². The third-order valence-electron chi connectivity index (χ3n) is 6.17. The van der Waals surface area contributed by atoms with Crippen molar-refractivity contribution < 1.29 is 27.6 Å². The van der Waals surface area contributed by atoms with Gasteiger partial charge in [-0.1, -0.05) is 18.2 Å². The van der Waals surface area contributed by atoms with Crippen molar-refractivity contribution in [2.45, 2.75) is 31.1 Å². The van der Waals surface area contributed by atoms with Crippen LogP contribution < -0.4 is 11.3 Å². The fourth-order valence-corrected chi connectivity index (χ4v) is 6.10. The maximum atomic E-state index is 13.8. The van der Waals surface area contributed by atoms with Crippen molar-refractivity contribution in [3.05, 3.63) is 63.4 Å². The Morgan fingerprint density at radius 2 is 2.23 bits per heavy atom. The van der Waals surface area contributed by atoms with E-state index in [0.29, 0.717) is 17.6 Å². The molecule has 186 valence electrons. The summed E-state index contributed by atoms with van der Waals surface area (Å²) < 4.78 is 44.9. The highest BCUT2D eigenvalue weighted by molar-refractivity contribution is 7.48. The molecule has 11 nitrogen and oxygen atoms in total. The number of anilines is 1. The lowest BCUT2D eigenvalue weighted by Crippen LogP contribution is -2.22. The Kier molecular flexibility index (Phi) is 6.28. The predicted molar refractivity (Wildman–Crippen MR) is 124 cm³/mol. The third kappa shape index (κ3) is 4.65. The van der Waals surface area contributed by atoms with Gasteiger partial charge in [-0.3, -0.25) is 23.3 Å². The summed E-state index contributed by atoms with van der Waals surface area (Å²) in [4.78, 5) is 22.7. The lowest BCUT2D eigenvalue weighted by molar-refractivity contribution is 0.0165. The highest BCUT2D eigenvalue weighted by Gasteiger charge is 2.42. The van der Waals surface area contributed by atoms with Crippen molar-refractivity contribution in [2.24, 2.45) is 5.92 Å². The fourth-order valence-electron chi connectivity index (χ4n) is 4.46. The van der Waals surface area contributed by atoms with Gasteiger partial charge in [0, 0.05) is 17.4 Å². The van der Waals surface area contributed by atoms with Crippen LogP contribution in [0.3, 0.4) is 0 Å². The standard InChI is InChI=1S/C21H22ClFN5O6P/c1-10-14(16(29)7-15(10)28-9-25-18-19(28)26-21(24)27-20(18)30)8-33-35(31)32-3-2-17(34-35)11-4-12(22)6-13(23)5-11/h4-6,9,14-17,29H,1-3,7-8H2,(H3,24,26,27,30)/t14-,15-,16-,17+,35?/m0/s1. The van der Waals surface area contributed by atoms with E-state index in [1.54, 1.807) is 4.57 Å². The molecule has 0 spiro atoms. The van der Waals surface area contributed by atoms with Crippen molar-refractivity contribution >= 4 is 36.5 Å². The van der Waals surface area contributed by atoms with Crippen LogP contribution in [0.1, 0.15) is 30.6 Å². The van der Waals surface area contributed by atoms with Crippen LogP contribution in [0.5, 0.6) is 0 Å². The number of phosphoric acid groups is 1. The number of aliphatic hydroxyl groups is 1. The van der Waals surface area contributed by atoms with E-state index in [-0.39, 0.29) is 41.8 Å². The van der Waals surface area contributed by atoms with Crippen molar-refractivity contribution in [3.8, 4) is 0 Å². The lowest BCUT2D eigenvalue weighted by atomic mass is 10.0. The van der Waals surface area contributed by atoms with E-state index in [1.165, 1.54) is 18.5 Å². The maximum absolute atomic E-state index is 13.8. The molecule has 1 unspecified atom stereocenters. The minimum absolute atomic E-state index is 0.0628. The van der Waals surface area contributed by atoms with Crippen molar-refractivity contribution in [1.82, 2.24) is 19.5 Å². The summed E-state index contributed by atoms with van der Waals surface area (Å²) >= 11 is 5.93. The number of hydrogen-bond donors (Lipinski definition) is 3. The van der Waals surface area contributed by atoms with Gasteiger partial charge in [0.05, 0.1) is 37.8 Å². The molecule has 5 atom stereocenters. The molecule has 5 rings (SSSR count). The smallest absolute Gasteiger partial charge is 0.392 e. The second-order valence-corrected chi connectivity index (χ2v) is 10.5. The molecule has 0 radical (unpaired) electrons. The Balaban J connectivity index is 1.31. The summed E-state index contributed by atoms with van der Waals surface area (Å²) in [6.45, 7) is 3.95. The van der Waals surface area contributed by atoms with Gasteiger partial charge in [0.2, 0.25) is 5.95 Å². The van der Waals surface area contributed by atoms with E-state index >= 15 is 0 Å². The number of nitrogens with two attached hydrogens (primary N) is 1. The first-order valence-electron chi connectivity index (χ1n) is 10.8. The molecule has 4 N–H and O–H groups in total. The van der Waals surface area contributed by atoms with Crippen LogP contribution in [0.4, 0.5) is 10.3 Å². The summed E-state index contributed by atoms with van der Waals surface area (Å²) in [5, 5.41) is 10.9. The largest absolute Gasteiger partial charge is 0.475 e. The molecule has 0 bridgehead atoms. The molecule has 3 heterocycles. The number of nitrogens with one attached hydrogen (secondary N) is 1. The molecule has 1 aliphatic carbocycles. The van der Waals surface area contributed by atoms with Gasteiger partial charge in [-0.05, 0) is 35.8 Å². The molecule has 1 saturated carbocycles. The summed E-state index contributed by atoms with van der Waals surface area (Å²) in [5.41, 5.74) is 6.54. The van der Waals surface area contributed by atoms with E-state index in [4.69, 9.17) is 30.9 Å². The Hall–Kier alpha value is -2.60. The van der Waals surface area contributed by atoms with Gasteiger partial charge in [0.25, 0.3) is 5.56 Å². The predicted octanol–water partition coefficient (Wildman–Crippen LogP) is 3.28. The number of phosphoric ester groups is 1. The molecule has 1 aromatic carbocycles. The molecule has 3 aromatic rings. The number of nitrogens with zero attached hydrogens (tertiary/aromatic N) is 3. The first-order chi connectivity index (χ1) is 16.6. The zero-order chi connectivity index (χ0) is 24.9. The first-order valence-corrected chi connectivity index (χ1v) is 12.6. The van der Waals surface area contributed by atoms with Gasteiger partial charge in [0.15, 0.2) is 11.2 Å². The molecular weight excluding hydrogens is 504 g/mol. The van der Waals surface area contributed by atoms with Crippen LogP contribution in [0, 0.1) is 11.7 Å². The van der Waals surface area contributed by atoms with E-state index in [2.05, 4.69) is 21.5 Å². The number of aromatic nitrogens is 4. The maximum Gasteiger partial charge on any atom is 0.475 e. The SMILES string of the molecule is C=C1[C@H](COP2(=O)OCC[C@H](c3cc(F)cc(Cl)c3)O2)[C@@H](O)C[C@@H]1n1cnc2c(=O)[nH]c(N)nc21. The number of halogens is 2. The van der Waals surface area contributed by atoms with Crippen LogP contribution in [0.15, 0.2) is 41.5 Å². The Morgan fingerprint density at radius 1 is 1.43 bits per heavy atom. The van der Waals surface area contributed by atoms with Crippen LogP contribution in [0.25, 0.3) is 11.2 Å². The topological polar surface area (TPSA) is 155 Å². The van der Waals surface area contributed by atoms with Crippen molar-refractivity contribution in [2.75, 3.05) is 18.9 Å². The van der Waals surface area contributed by atoms with Crippen molar-refractivity contribution in [1.29, 1.82) is 0 Å². The van der Waals surface area contributed by atoms with Crippen LogP contribution in [-0.4, -0.2) is 43.9 Å². The van der Waals surface area contributed by atoms with Crippen LogP contribution >= 0.6 is 19.4 Å². The molecule has 2 fully saturated rings. The Bertz CT molecular complexity index is 1390. The molecule has 35 heavy (non-hydrogen) atoms. The highest BCUT2D eigenvalue weighted by atomic mass is 35.5. The average molecular weight is 526 g/mol. The number of fused-ring (bicyclic) bond motifs is 1. The zero-order valence-electron chi connectivity index (χ0n) is 18.3. The number of imidazole rings is 1. The normalized spacial score (nSPS) is 29.2. The second kappa shape index (κ2) is 9.12. The van der Waals surface area contributed by atoms with Gasteiger partial charge in [0.1, 0.15) is 5.82 Å². The molecule has 2 aromatic heterocycles. The fraction of sp³-hybridized carbons (Fsp3) is 0.381. The molecule has 1 aliphatic heterocycles. The molecular formula is C21H22ClFN5O6P. The first kappa shape index (κ1) is 24.1. The second-order valence-electron chi connectivity index (χ2n) is 8.44. The van der Waals surface area contributed by atoms with E-state index in [0.717, 1.165) is 6.07 Å². The quantitative estimate of drug-likeness (QED) is 0.336. The monoisotopic (exact) mass is 525 g/mol. The average Bonchev–Trinajstić information content (AvgIpc) is 3.32. The third-order valence-corrected chi connectivity index (χ3v) is 7.87. The van der Waals surface area contributed by atoms with Gasteiger partial charge in [-0.2, -0.15) is 4.98 Å². The molecule has 14 heteroatoms. The number of H-pyrrole nitrogens is 1. The van der Waals surface area contributed by atoms with E-state index < -0.39 is 43.4 Å². The summed E-state index contributed by atoms with van der Waals surface area (Å²) in [6.07, 6.45) is 0.375. The van der Waals surface area contributed by atoms with Gasteiger partial charge in [-0.25, -0.2) is 13.9 Å². The number of benzene rings is 1. The van der Waals surface area contributed by atoms with Gasteiger partial charge in [-0.15, -0.1) is 0 Å². The van der Waals surface area contributed by atoms with Gasteiger partial charge >= 0.3 is 7.82 Å². The number of aromatic amines is 1. The number of nitrogen functional groups attached to an aromatic ring is 1. The Morgan fingerprint density at radius 3 is 3.00 bits per heavy atom. The summed E-state index contributed by atoms with van der Waals surface area (Å²) in [6, 6.07) is 3.49. The minimum Gasteiger partial charge on any atom is -0.392 e. The number of rotatable bonds is 5. The zero-order valence-corrected chi connectivity index (χ0v) is 19.9. The summed E-state index contributed by atoms with van der Waals surface area (Å²) in [7, 11) is -4.01. The van der Waals surface area contributed by atoms with Crippen LogP contribution in [-0.2, 0) is 18.1 Å². The Labute approximate surface area is 203 Å². The van der Waals surface area contributed by atoms with Crippen LogP contribution in [0.2, 0.25) is 5.02 Å². The highest BCUT2D eigenvalue weighted by Crippen LogP contribution is 2.58. The number of hydrogen-bond acceptors (Lipinski definition) is 9. The minimum atomic E-state index is -4.01. The lowest BCUT2D eigenvalue weighted by Gasteiger charge is -2.30. The van der Waals surface area contributed by atoms with E-state index in [9.17, 15) is 18.9 Å².